The van der Waals surface area contributed by atoms with Gasteiger partial charge in [-0.3, -0.25) is 4.98 Å². The van der Waals surface area contributed by atoms with Gasteiger partial charge in [-0.05, 0) is 18.6 Å². The second-order valence-corrected chi connectivity index (χ2v) is 5.27. The summed E-state index contributed by atoms with van der Waals surface area (Å²) in [6.45, 7) is 2.27. The van der Waals surface area contributed by atoms with Crippen molar-refractivity contribution in [1.29, 1.82) is 0 Å². The van der Waals surface area contributed by atoms with Gasteiger partial charge < -0.3 is 5.48 Å². The average molecular weight is 302 g/mol. The molecule has 0 spiro atoms. The Bertz CT molecular complexity index is 207. The normalized spacial score (nSPS) is 9.30. The highest BCUT2D eigenvalue weighted by molar-refractivity contribution is 6.17. The molecule has 0 aliphatic heterocycles. The molecule has 0 radical (unpaired) electrons. The lowest BCUT2D eigenvalue weighted by Crippen LogP contribution is -1.81. The molecule has 0 bridgehead atoms. The number of hydrogen-bond donors (Lipinski definition) is 0. The first-order valence-electron chi connectivity index (χ1n) is 7.82. The van der Waals surface area contributed by atoms with Gasteiger partial charge in [-0.1, -0.05) is 70.8 Å². The molecule has 1 aromatic heterocycles. The molecular weight excluding hydrogens is 270 g/mol. The third-order valence-corrected chi connectivity index (χ3v) is 3.32. The molecule has 1 aromatic rings. The smallest absolute Gasteiger partial charge is 0.0267 e. The van der Waals surface area contributed by atoms with Crippen LogP contribution in [0, 0.1) is 0 Å². The number of unbranched alkanes of at least 4 members (excludes halogenated alkanes) is 9. The van der Waals surface area contributed by atoms with Crippen LogP contribution >= 0.6 is 11.6 Å². The van der Waals surface area contributed by atoms with Crippen LogP contribution in [0.15, 0.2) is 30.6 Å². The van der Waals surface area contributed by atoms with Crippen molar-refractivity contribution in [3.63, 3.8) is 0 Å². The maximum absolute atomic E-state index is 5.60. The Kier molecular flexibility index (Phi) is 22.5. The van der Waals surface area contributed by atoms with Gasteiger partial charge in [0, 0.05) is 18.3 Å². The van der Waals surface area contributed by atoms with Crippen molar-refractivity contribution in [3.05, 3.63) is 30.6 Å². The van der Waals surface area contributed by atoms with Crippen molar-refractivity contribution < 1.29 is 5.48 Å². The van der Waals surface area contributed by atoms with Crippen LogP contribution in [0.3, 0.4) is 0 Å². The van der Waals surface area contributed by atoms with E-state index < -0.39 is 0 Å². The van der Waals surface area contributed by atoms with Crippen molar-refractivity contribution in [2.24, 2.45) is 0 Å². The zero-order chi connectivity index (χ0) is 14.0. The van der Waals surface area contributed by atoms with E-state index in [0.717, 1.165) is 5.88 Å². The molecule has 118 valence electrons. The maximum Gasteiger partial charge on any atom is 0.0267 e. The highest BCUT2D eigenvalue weighted by Crippen LogP contribution is 2.10. The summed E-state index contributed by atoms with van der Waals surface area (Å²) in [6.07, 6.45) is 17.4. The molecule has 3 heteroatoms. The molecule has 1 heterocycles. The standard InChI is InChI=1S/C12H25Cl.C5H5N.H2O/c1-2-3-4-5-6-7-8-9-10-11-12-13;1-2-4-6-5-3-1;/h2-12H2,1H3;1-5H;1H2. The number of nitrogens with zero attached hydrogens (tertiary/aromatic N) is 1. The minimum Gasteiger partial charge on any atom is -0.412 e. The van der Waals surface area contributed by atoms with Crippen molar-refractivity contribution >= 4 is 11.6 Å². The van der Waals surface area contributed by atoms with Gasteiger partial charge in [0.25, 0.3) is 0 Å². The Morgan fingerprint density at radius 3 is 1.45 bits per heavy atom. The summed E-state index contributed by atoms with van der Waals surface area (Å²) < 4.78 is 0. The quantitative estimate of drug-likeness (QED) is 0.421. The molecule has 0 aliphatic carbocycles. The summed E-state index contributed by atoms with van der Waals surface area (Å²) in [5.41, 5.74) is 0. The number of rotatable bonds is 10. The minimum absolute atomic E-state index is 0. The van der Waals surface area contributed by atoms with Crippen molar-refractivity contribution in [1.82, 2.24) is 4.98 Å². The van der Waals surface area contributed by atoms with Gasteiger partial charge in [0.15, 0.2) is 0 Å². The van der Waals surface area contributed by atoms with Gasteiger partial charge in [-0.25, -0.2) is 0 Å². The summed E-state index contributed by atoms with van der Waals surface area (Å²) in [6, 6.07) is 5.72. The summed E-state index contributed by atoms with van der Waals surface area (Å²) in [5.74, 6) is 0.844. The van der Waals surface area contributed by atoms with E-state index in [9.17, 15) is 0 Å². The molecule has 0 aliphatic rings. The topological polar surface area (TPSA) is 44.4 Å². The Balaban J connectivity index is 0. The monoisotopic (exact) mass is 301 g/mol. The second kappa shape index (κ2) is 20.7. The van der Waals surface area contributed by atoms with Gasteiger partial charge in [-0.15, -0.1) is 11.6 Å². The molecule has 0 saturated carbocycles. The van der Waals surface area contributed by atoms with E-state index >= 15 is 0 Å². The second-order valence-electron chi connectivity index (χ2n) is 4.90. The van der Waals surface area contributed by atoms with E-state index in [4.69, 9.17) is 11.6 Å². The van der Waals surface area contributed by atoms with Crippen LogP contribution in [0.1, 0.15) is 71.1 Å². The van der Waals surface area contributed by atoms with E-state index in [1.807, 2.05) is 18.2 Å². The fourth-order valence-electron chi connectivity index (χ4n) is 1.89. The predicted molar refractivity (Wildman–Crippen MR) is 90.4 cm³/mol. The molecule has 2 nitrogen and oxygen atoms in total. The Morgan fingerprint density at radius 1 is 0.700 bits per heavy atom. The molecule has 0 aromatic carbocycles. The summed E-state index contributed by atoms with van der Waals surface area (Å²) in [4.78, 5) is 3.78. The zero-order valence-electron chi connectivity index (χ0n) is 13.0. The third kappa shape index (κ3) is 19.7. The third-order valence-electron chi connectivity index (χ3n) is 3.05. The fourth-order valence-corrected chi connectivity index (χ4v) is 2.08. The van der Waals surface area contributed by atoms with Gasteiger partial charge in [0.05, 0.1) is 0 Å². The minimum atomic E-state index is 0. The number of halogens is 1. The first-order valence-corrected chi connectivity index (χ1v) is 8.36. The van der Waals surface area contributed by atoms with Crippen LogP contribution in [-0.4, -0.2) is 16.3 Å². The van der Waals surface area contributed by atoms with Crippen molar-refractivity contribution in [3.8, 4) is 0 Å². The number of alkyl halides is 1. The van der Waals surface area contributed by atoms with Crippen LogP contribution < -0.4 is 0 Å². The maximum atomic E-state index is 5.60. The molecule has 0 fully saturated rings. The fraction of sp³-hybridized carbons (Fsp3) is 0.706. The van der Waals surface area contributed by atoms with E-state index in [0.29, 0.717) is 0 Å². The van der Waals surface area contributed by atoms with Crippen LogP contribution in [0.4, 0.5) is 0 Å². The highest BCUT2D eigenvalue weighted by atomic mass is 35.5. The number of aromatic nitrogens is 1. The van der Waals surface area contributed by atoms with Crippen LogP contribution in [0.5, 0.6) is 0 Å². The Morgan fingerprint density at radius 2 is 1.15 bits per heavy atom. The predicted octanol–water partition coefficient (Wildman–Crippen LogP) is 5.40. The lowest BCUT2D eigenvalue weighted by Gasteiger charge is -2.00. The molecular formula is C17H32ClNO. The summed E-state index contributed by atoms with van der Waals surface area (Å²) in [5, 5.41) is 0. The summed E-state index contributed by atoms with van der Waals surface area (Å²) in [7, 11) is 0. The molecule has 0 amide bonds. The van der Waals surface area contributed by atoms with Gasteiger partial charge >= 0.3 is 0 Å². The van der Waals surface area contributed by atoms with Crippen molar-refractivity contribution in [2.45, 2.75) is 71.1 Å². The Hall–Kier alpha value is -0.600. The molecule has 1 rings (SSSR count). The number of pyridine rings is 1. The van der Waals surface area contributed by atoms with Crippen molar-refractivity contribution in [2.75, 3.05) is 5.88 Å². The van der Waals surface area contributed by atoms with Crippen LogP contribution in [0.25, 0.3) is 0 Å². The van der Waals surface area contributed by atoms with E-state index in [-0.39, 0.29) is 5.48 Å². The van der Waals surface area contributed by atoms with E-state index in [1.165, 1.54) is 64.2 Å². The number of hydrogen-bond acceptors (Lipinski definition) is 1. The zero-order valence-corrected chi connectivity index (χ0v) is 13.7. The first-order chi connectivity index (χ1) is 9.41. The van der Waals surface area contributed by atoms with E-state index in [1.54, 1.807) is 12.4 Å². The molecule has 20 heavy (non-hydrogen) atoms. The lowest BCUT2D eigenvalue weighted by molar-refractivity contribution is 0.563. The van der Waals surface area contributed by atoms with Crippen LogP contribution in [-0.2, 0) is 0 Å². The largest absolute Gasteiger partial charge is 0.412 e. The molecule has 0 atom stereocenters. The van der Waals surface area contributed by atoms with E-state index in [2.05, 4.69) is 11.9 Å². The summed E-state index contributed by atoms with van der Waals surface area (Å²) >= 11 is 5.60. The molecule has 2 N–H and O–H groups in total. The molecule has 0 unspecified atom stereocenters. The van der Waals surface area contributed by atoms with Gasteiger partial charge in [0.2, 0.25) is 0 Å². The van der Waals surface area contributed by atoms with Gasteiger partial charge in [0.1, 0.15) is 0 Å². The lowest BCUT2D eigenvalue weighted by atomic mass is 10.1. The Labute approximate surface area is 130 Å². The van der Waals surface area contributed by atoms with Gasteiger partial charge in [-0.2, -0.15) is 0 Å². The average Bonchev–Trinajstić information content (AvgIpc) is 2.48. The van der Waals surface area contributed by atoms with Crippen LogP contribution in [0.2, 0.25) is 0 Å². The SMILES string of the molecule is CCCCCCCCCCCCCl.O.c1ccncc1. The highest BCUT2D eigenvalue weighted by Gasteiger charge is 1.91. The first kappa shape index (κ1) is 21.7. The molecule has 0 saturated heterocycles.